The van der Waals surface area contributed by atoms with Crippen LogP contribution >= 0.6 is 11.3 Å². The van der Waals surface area contributed by atoms with Gasteiger partial charge in [0.05, 0.1) is 11.4 Å². The topological polar surface area (TPSA) is 3.24 Å². The van der Waals surface area contributed by atoms with E-state index < -0.39 is 0 Å². The Morgan fingerprint density at radius 3 is 1.23 bits per heavy atom. The maximum Gasteiger partial charge on any atom is 0.0540 e. The number of benzene rings is 9. The molecule has 0 saturated carbocycles. The maximum absolute atomic E-state index is 2.44. The number of nitrogens with zero attached hydrogens (tertiary/aromatic N) is 1. The van der Waals surface area contributed by atoms with Crippen molar-refractivity contribution in [1.29, 1.82) is 0 Å². The number of thiophene rings is 1. The Kier molecular flexibility index (Phi) is 8.79. The van der Waals surface area contributed by atoms with Gasteiger partial charge in [-0.15, -0.1) is 11.3 Å². The average molecular weight is 732 g/mol. The van der Waals surface area contributed by atoms with Gasteiger partial charge in [-0.3, -0.25) is 0 Å². The van der Waals surface area contributed by atoms with Crippen molar-refractivity contribution in [3.63, 3.8) is 0 Å². The lowest BCUT2D eigenvalue weighted by molar-refractivity contribution is 1.28. The van der Waals surface area contributed by atoms with Gasteiger partial charge in [0.25, 0.3) is 0 Å². The lowest BCUT2D eigenvalue weighted by Gasteiger charge is -2.30. The molecule has 0 atom stereocenters. The van der Waals surface area contributed by atoms with E-state index in [1.807, 2.05) is 11.3 Å². The van der Waals surface area contributed by atoms with Crippen molar-refractivity contribution in [3.8, 4) is 55.6 Å². The molecule has 0 radical (unpaired) electrons. The lowest BCUT2D eigenvalue weighted by Crippen LogP contribution is -2.12. The highest BCUT2D eigenvalue weighted by atomic mass is 32.1. The molecule has 1 aromatic heterocycles. The summed E-state index contributed by atoms with van der Waals surface area (Å²) in [6.45, 7) is 0. The van der Waals surface area contributed by atoms with Crippen LogP contribution in [-0.2, 0) is 0 Å². The van der Waals surface area contributed by atoms with E-state index in [0.29, 0.717) is 0 Å². The molecular weight excluding hydrogens is 695 g/mol. The summed E-state index contributed by atoms with van der Waals surface area (Å²) in [5, 5.41) is 2.63. The summed E-state index contributed by atoms with van der Waals surface area (Å²) in [6, 6.07) is 81.3. The molecule has 264 valence electrons. The molecule has 0 fully saturated rings. The minimum absolute atomic E-state index is 1.10. The SMILES string of the molecule is c1ccc(-c2ccc(-c3ccccc3N(c3ccc(-c4cccc5c4sc4ccccc45)cc3)c3ccccc3-c3ccc(-c4ccccc4)cc3)cc2)cc1. The smallest absolute Gasteiger partial charge is 0.0540 e. The highest BCUT2D eigenvalue weighted by molar-refractivity contribution is 7.26. The highest BCUT2D eigenvalue weighted by Crippen LogP contribution is 2.46. The largest absolute Gasteiger partial charge is 0.309 e. The van der Waals surface area contributed by atoms with Crippen molar-refractivity contribution in [2.24, 2.45) is 0 Å². The molecule has 0 unspecified atom stereocenters. The van der Waals surface area contributed by atoms with Crippen LogP contribution in [0.3, 0.4) is 0 Å². The second-order valence-electron chi connectivity index (χ2n) is 14.1. The normalized spacial score (nSPS) is 11.2. The molecule has 10 aromatic rings. The molecule has 0 amide bonds. The van der Waals surface area contributed by atoms with E-state index in [9.17, 15) is 0 Å². The first-order chi connectivity index (χ1) is 27.8. The van der Waals surface area contributed by atoms with Crippen molar-refractivity contribution in [1.82, 2.24) is 0 Å². The van der Waals surface area contributed by atoms with E-state index in [1.54, 1.807) is 0 Å². The first-order valence-corrected chi connectivity index (χ1v) is 19.9. The molecule has 0 saturated heterocycles. The van der Waals surface area contributed by atoms with Gasteiger partial charge in [-0.1, -0.05) is 194 Å². The second kappa shape index (κ2) is 14.7. The Hall–Kier alpha value is -7.00. The van der Waals surface area contributed by atoms with Crippen molar-refractivity contribution < 1.29 is 0 Å². The fourth-order valence-electron chi connectivity index (χ4n) is 7.94. The van der Waals surface area contributed by atoms with Crippen molar-refractivity contribution in [3.05, 3.63) is 224 Å². The van der Waals surface area contributed by atoms with Crippen molar-refractivity contribution in [2.75, 3.05) is 4.90 Å². The summed E-state index contributed by atoms with van der Waals surface area (Å²) in [4.78, 5) is 2.44. The predicted molar refractivity (Wildman–Crippen MR) is 241 cm³/mol. The van der Waals surface area contributed by atoms with Crippen LogP contribution in [0.4, 0.5) is 17.1 Å². The molecule has 0 spiro atoms. The Labute approximate surface area is 332 Å². The minimum atomic E-state index is 1.10. The number of anilines is 3. The zero-order chi connectivity index (χ0) is 37.3. The van der Waals surface area contributed by atoms with Crippen LogP contribution in [0, 0.1) is 0 Å². The first kappa shape index (κ1) is 33.6. The van der Waals surface area contributed by atoms with Gasteiger partial charge in [0, 0.05) is 37.0 Å². The molecule has 1 nitrogen and oxygen atoms in total. The Morgan fingerprint density at radius 1 is 0.268 bits per heavy atom. The third kappa shape index (κ3) is 6.26. The molecule has 0 aliphatic heterocycles. The maximum atomic E-state index is 2.44. The molecule has 0 bridgehead atoms. The molecule has 0 aliphatic rings. The van der Waals surface area contributed by atoms with Crippen LogP contribution < -0.4 is 4.90 Å². The van der Waals surface area contributed by atoms with Gasteiger partial charge in [-0.2, -0.15) is 0 Å². The van der Waals surface area contributed by atoms with Crippen LogP contribution in [0.15, 0.2) is 224 Å². The highest BCUT2D eigenvalue weighted by Gasteiger charge is 2.21. The van der Waals surface area contributed by atoms with Gasteiger partial charge >= 0.3 is 0 Å². The van der Waals surface area contributed by atoms with E-state index in [4.69, 9.17) is 0 Å². The standard InChI is InChI=1S/C54H37NS/c1-3-14-38(15-4-1)40-26-30-42(31-27-40)46-18-7-10-23-51(46)55(52-24-11-8-19-47(52)43-32-28-41(29-33-43)39-16-5-2-6-17-39)45-36-34-44(35-37-45)48-21-13-22-50-49-20-9-12-25-53(49)56-54(48)50/h1-37H. The first-order valence-electron chi connectivity index (χ1n) is 19.1. The van der Waals surface area contributed by atoms with Crippen LogP contribution in [-0.4, -0.2) is 0 Å². The zero-order valence-corrected chi connectivity index (χ0v) is 31.5. The molecule has 9 aromatic carbocycles. The quantitative estimate of drug-likeness (QED) is 0.150. The summed E-state index contributed by atoms with van der Waals surface area (Å²) in [7, 11) is 0. The van der Waals surface area contributed by atoms with Gasteiger partial charge < -0.3 is 4.90 Å². The lowest BCUT2D eigenvalue weighted by atomic mass is 9.96. The summed E-state index contributed by atoms with van der Waals surface area (Å²) >= 11 is 1.88. The summed E-state index contributed by atoms with van der Waals surface area (Å²) in [5.41, 5.74) is 15.3. The van der Waals surface area contributed by atoms with E-state index in [2.05, 4.69) is 229 Å². The van der Waals surface area contributed by atoms with Crippen LogP contribution in [0.1, 0.15) is 0 Å². The van der Waals surface area contributed by atoms with Crippen LogP contribution in [0.25, 0.3) is 75.8 Å². The van der Waals surface area contributed by atoms with Crippen molar-refractivity contribution >= 4 is 48.6 Å². The summed E-state index contributed by atoms with van der Waals surface area (Å²) in [5.74, 6) is 0. The van der Waals surface area contributed by atoms with Gasteiger partial charge in [0.15, 0.2) is 0 Å². The van der Waals surface area contributed by atoms with Crippen LogP contribution in [0.5, 0.6) is 0 Å². The molecule has 1 heterocycles. The number of hydrogen-bond donors (Lipinski definition) is 0. The molecule has 0 aliphatic carbocycles. The molecule has 56 heavy (non-hydrogen) atoms. The second-order valence-corrected chi connectivity index (χ2v) is 15.1. The van der Waals surface area contributed by atoms with E-state index in [0.717, 1.165) is 17.1 Å². The monoisotopic (exact) mass is 731 g/mol. The zero-order valence-electron chi connectivity index (χ0n) is 30.7. The number of fused-ring (bicyclic) bond motifs is 3. The van der Waals surface area contributed by atoms with E-state index in [1.165, 1.54) is 75.8 Å². The number of para-hydroxylation sites is 2. The van der Waals surface area contributed by atoms with Gasteiger partial charge in [-0.05, 0) is 74.8 Å². The number of hydrogen-bond acceptors (Lipinski definition) is 2. The van der Waals surface area contributed by atoms with Crippen molar-refractivity contribution in [2.45, 2.75) is 0 Å². The molecule has 2 heteroatoms. The fourth-order valence-corrected chi connectivity index (χ4v) is 9.18. The van der Waals surface area contributed by atoms with E-state index in [-0.39, 0.29) is 0 Å². The molecule has 0 N–H and O–H groups in total. The van der Waals surface area contributed by atoms with Gasteiger partial charge in [0.1, 0.15) is 0 Å². The van der Waals surface area contributed by atoms with Gasteiger partial charge in [0.2, 0.25) is 0 Å². The van der Waals surface area contributed by atoms with Gasteiger partial charge in [-0.25, -0.2) is 0 Å². The molecular formula is C54H37NS. The minimum Gasteiger partial charge on any atom is -0.309 e. The van der Waals surface area contributed by atoms with Crippen LogP contribution in [0.2, 0.25) is 0 Å². The number of rotatable bonds is 8. The summed E-state index contributed by atoms with van der Waals surface area (Å²) in [6.07, 6.45) is 0. The molecule has 10 rings (SSSR count). The summed E-state index contributed by atoms with van der Waals surface area (Å²) < 4.78 is 2.64. The Bertz CT molecular complexity index is 2800. The Morgan fingerprint density at radius 2 is 0.661 bits per heavy atom. The fraction of sp³-hybridized carbons (Fsp3) is 0. The Balaban J connectivity index is 1.11. The van der Waals surface area contributed by atoms with E-state index >= 15 is 0 Å². The predicted octanol–water partition coefficient (Wildman–Crippen LogP) is 15.9. The average Bonchev–Trinajstić information content (AvgIpc) is 3.67. The third-order valence-electron chi connectivity index (χ3n) is 10.7. The third-order valence-corrected chi connectivity index (χ3v) is 12.0.